The van der Waals surface area contributed by atoms with Gasteiger partial charge in [-0.1, -0.05) is 58.0 Å². The molecule has 0 heterocycles. The molecule has 2 unspecified atom stereocenters. The first kappa shape index (κ1) is 19.3. The van der Waals surface area contributed by atoms with E-state index >= 15 is 0 Å². The molecule has 0 fully saturated rings. The Labute approximate surface area is 126 Å². The summed E-state index contributed by atoms with van der Waals surface area (Å²) < 4.78 is 70.4. The fraction of sp³-hybridized carbons (Fsp3) is 1.00. The van der Waals surface area contributed by atoms with Crippen LogP contribution in [0.5, 0.6) is 0 Å². The van der Waals surface area contributed by atoms with Crippen LogP contribution in [0, 0.1) is 0 Å². The van der Waals surface area contributed by atoms with E-state index in [1.807, 2.05) is 0 Å². The molecule has 0 aliphatic carbocycles. The van der Waals surface area contributed by atoms with E-state index in [4.69, 9.17) is 23.2 Å². The van der Waals surface area contributed by atoms with E-state index in [-0.39, 0.29) is 0 Å². The van der Waals surface area contributed by atoms with Gasteiger partial charge in [-0.2, -0.15) is 22.0 Å². The topological polar surface area (TPSA) is 9.23 Å². The SMILES string of the molecule is FC(F)(F)C(F)(Cl)C(Cl)(Cl)OC(F)(Cl)C(F)(Cl)Cl. The maximum absolute atomic E-state index is 13.2. The van der Waals surface area contributed by atoms with E-state index in [9.17, 15) is 26.3 Å². The van der Waals surface area contributed by atoms with E-state index < -0.39 is 25.7 Å². The Morgan fingerprint density at radius 3 is 1.22 bits per heavy atom. The van der Waals surface area contributed by atoms with Gasteiger partial charge in [0.05, 0.1) is 0 Å². The molecule has 0 amide bonds. The lowest BCUT2D eigenvalue weighted by molar-refractivity contribution is -0.253. The molecule has 0 aliphatic rings. The lowest BCUT2D eigenvalue weighted by Crippen LogP contribution is -2.55. The molecule has 1 nitrogen and oxygen atoms in total. The predicted octanol–water partition coefficient (Wildman–Crippen LogP) is 5.56. The van der Waals surface area contributed by atoms with Crippen molar-refractivity contribution in [1.82, 2.24) is 0 Å². The molecule has 0 radical (unpaired) electrons. The van der Waals surface area contributed by atoms with E-state index in [1.54, 1.807) is 0 Å². The van der Waals surface area contributed by atoms with Gasteiger partial charge in [-0.25, -0.2) is 4.39 Å². The zero-order valence-electron chi connectivity index (χ0n) is 7.44. The van der Waals surface area contributed by atoms with Crippen LogP contribution in [0.15, 0.2) is 0 Å². The van der Waals surface area contributed by atoms with Gasteiger partial charge in [-0.05, 0) is 11.6 Å². The molecule has 0 bridgehead atoms. The van der Waals surface area contributed by atoms with Gasteiger partial charge in [0.1, 0.15) is 0 Å². The number of rotatable bonds is 4. The summed E-state index contributed by atoms with van der Waals surface area (Å²) in [6.07, 6.45) is -5.90. The van der Waals surface area contributed by atoms with E-state index in [0.29, 0.717) is 0 Å². The van der Waals surface area contributed by atoms with Crippen LogP contribution in [0.2, 0.25) is 0 Å². The second kappa shape index (κ2) is 5.24. The first-order chi connectivity index (χ1) is 7.46. The van der Waals surface area contributed by atoms with Gasteiger partial charge < -0.3 is 0 Å². The Kier molecular flexibility index (Phi) is 5.61. The minimum atomic E-state index is -5.90. The monoisotopic (exact) mass is 400 g/mol. The van der Waals surface area contributed by atoms with Gasteiger partial charge in [-0.3, -0.25) is 4.74 Å². The molecule has 0 saturated heterocycles. The maximum Gasteiger partial charge on any atom is 0.442 e. The fourth-order valence-corrected chi connectivity index (χ4v) is 1.19. The molecule has 0 spiro atoms. The minimum Gasteiger partial charge on any atom is -0.288 e. The van der Waals surface area contributed by atoms with Gasteiger partial charge in [-0.15, -0.1) is 0 Å². The molecule has 0 aromatic carbocycles. The van der Waals surface area contributed by atoms with Crippen LogP contribution in [-0.4, -0.2) is 25.7 Å². The standard InChI is InChI=1S/C5Cl6F6O/c6-1(12,5(15,16)17)3(9,10)18-4(11,14)2(7,8)13. The second-order valence-electron chi connectivity index (χ2n) is 2.71. The zero-order valence-corrected chi connectivity index (χ0v) is 12.0. The highest BCUT2D eigenvalue weighted by Crippen LogP contribution is 2.56. The summed E-state index contributed by atoms with van der Waals surface area (Å²) in [5, 5.41) is -9.43. The Morgan fingerprint density at radius 2 is 1.00 bits per heavy atom. The molecule has 0 N–H and O–H groups in total. The van der Waals surface area contributed by atoms with Crippen LogP contribution in [0.3, 0.4) is 0 Å². The number of hydrogen-bond donors (Lipinski definition) is 0. The number of alkyl halides is 12. The zero-order chi connectivity index (χ0) is 15.2. The Hall–Kier alpha value is 1.28. The van der Waals surface area contributed by atoms with E-state index in [0.717, 1.165) is 0 Å². The second-order valence-corrected chi connectivity index (χ2v) is 6.21. The van der Waals surface area contributed by atoms with E-state index in [2.05, 4.69) is 51.1 Å². The minimum absolute atomic E-state index is 3.34. The molecular formula is C5Cl6F6O. The molecule has 0 aromatic rings. The van der Waals surface area contributed by atoms with Crippen molar-refractivity contribution in [1.29, 1.82) is 0 Å². The van der Waals surface area contributed by atoms with Crippen molar-refractivity contribution in [3.63, 3.8) is 0 Å². The average molecular weight is 403 g/mol. The maximum atomic E-state index is 13.2. The number of hydrogen-bond acceptors (Lipinski definition) is 1. The first-order valence-electron chi connectivity index (χ1n) is 3.43. The largest absolute Gasteiger partial charge is 0.442 e. The summed E-state index contributed by atoms with van der Waals surface area (Å²) in [5.41, 5.74) is 0. The molecule has 2 atom stereocenters. The van der Waals surface area contributed by atoms with Gasteiger partial charge in [0.15, 0.2) is 0 Å². The van der Waals surface area contributed by atoms with Crippen molar-refractivity contribution in [2.45, 2.75) is 25.7 Å². The molecule has 13 heteroatoms. The molecule has 0 aliphatic heterocycles. The summed E-state index contributed by atoms with van der Waals surface area (Å²) >= 11 is 27.3. The smallest absolute Gasteiger partial charge is 0.288 e. The Bertz CT molecular complexity index is 309. The van der Waals surface area contributed by atoms with Crippen LogP contribution in [-0.2, 0) is 4.74 Å². The van der Waals surface area contributed by atoms with Crippen LogP contribution < -0.4 is 0 Å². The molecule has 18 heavy (non-hydrogen) atoms. The molecule has 110 valence electrons. The van der Waals surface area contributed by atoms with Gasteiger partial charge in [0.25, 0.3) is 4.52 Å². The third kappa shape index (κ3) is 3.90. The fourth-order valence-electron chi connectivity index (χ4n) is 0.448. The van der Waals surface area contributed by atoms with Crippen molar-refractivity contribution in [3.05, 3.63) is 0 Å². The molecule has 0 aromatic heterocycles. The lowest BCUT2D eigenvalue weighted by Gasteiger charge is -2.36. The molecular weight excluding hydrogens is 403 g/mol. The summed E-state index contributed by atoms with van der Waals surface area (Å²) in [6.45, 7) is 0. The van der Waals surface area contributed by atoms with Gasteiger partial charge in [0.2, 0.25) is 0 Å². The van der Waals surface area contributed by atoms with Crippen molar-refractivity contribution >= 4 is 69.6 Å². The first-order valence-corrected chi connectivity index (χ1v) is 5.69. The van der Waals surface area contributed by atoms with Crippen molar-refractivity contribution in [2.75, 3.05) is 0 Å². The average Bonchev–Trinajstić information content (AvgIpc) is 1.96. The van der Waals surface area contributed by atoms with Crippen LogP contribution in [0.4, 0.5) is 26.3 Å². The van der Waals surface area contributed by atoms with Crippen molar-refractivity contribution < 1.29 is 31.1 Å². The number of halogens is 12. The van der Waals surface area contributed by atoms with Crippen LogP contribution in [0.25, 0.3) is 0 Å². The van der Waals surface area contributed by atoms with Crippen LogP contribution >= 0.6 is 69.6 Å². The highest BCUT2D eigenvalue weighted by Gasteiger charge is 2.72. The summed E-state index contributed by atoms with van der Waals surface area (Å²) in [6, 6.07) is 0. The van der Waals surface area contributed by atoms with Crippen LogP contribution in [0.1, 0.15) is 0 Å². The molecule has 0 rings (SSSR count). The summed E-state index contributed by atoms with van der Waals surface area (Å²) in [5.74, 6) is 0. The van der Waals surface area contributed by atoms with Gasteiger partial charge >= 0.3 is 21.2 Å². The van der Waals surface area contributed by atoms with Gasteiger partial charge in [0, 0.05) is 0 Å². The quantitative estimate of drug-likeness (QED) is 0.441. The summed E-state index contributed by atoms with van der Waals surface area (Å²) in [4.78, 5) is 0. The summed E-state index contributed by atoms with van der Waals surface area (Å²) in [7, 11) is 0. The Balaban J connectivity index is 5.33. The highest BCUT2D eigenvalue weighted by molar-refractivity contribution is 6.53. The lowest BCUT2D eigenvalue weighted by atomic mass is 10.4. The third-order valence-corrected chi connectivity index (χ3v) is 3.67. The van der Waals surface area contributed by atoms with Crippen molar-refractivity contribution in [2.24, 2.45) is 0 Å². The molecule has 0 saturated carbocycles. The predicted molar refractivity (Wildman–Crippen MR) is 56.5 cm³/mol. The van der Waals surface area contributed by atoms with Crippen molar-refractivity contribution in [3.8, 4) is 0 Å². The highest BCUT2D eigenvalue weighted by atomic mass is 35.5. The normalized spacial score (nSPS) is 21.3. The van der Waals surface area contributed by atoms with E-state index in [1.165, 1.54) is 0 Å². The third-order valence-electron chi connectivity index (χ3n) is 1.31. The number of ether oxygens (including phenoxy) is 1. The Morgan fingerprint density at radius 1 is 0.667 bits per heavy atom.